The summed E-state index contributed by atoms with van der Waals surface area (Å²) in [6.07, 6.45) is 13.8. The van der Waals surface area contributed by atoms with Gasteiger partial charge in [0.1, 0.15) is 0 Å². The van der Waals surface area contributed by atoms with Crippen LogP contribution in [0, 0.1) is 11.3 Å². The van der Waals surface area contributed by atoms with E-state index in [9.17, 15) is 0 Å². The molecule has 0 heteroatoms. The van der Waals surface area contributed by atoms with E-state index in [1.807, 2.05) is 0 Å². The minimum Gasteiger partial charge on any atom is -0.0625 e. The van der Waals surface area contributed by atoms with Gasteiger partial charge in [-0.3, -0.25) is 0 Å². The van der Waals surface area contributed by atoms with Gasteiger partial charge in [0.2, 0.25) is 0 Å². The molecule has 2 saturated carbocycles. The van der Waals surface area contributed by atoms with Crippen LogP contribution in [0.3, 0.4) is 0 Å². The van der Waals surface area contributed by atoms with E-state index < -0.39 is 0 Å². The highest BCUT2D eigenvalue weighted by atomic mass is 14.4. The molecule has 0 N–H and O–H groups in total. The van der Waals surface area contributed by atoms with Gasteiger partial charge in [0, 0.05) is 0 Å². The highest BCUT2D eigenvalue weighted by molar-refractivity contribution is 4.87. The molecule has 0 amide bonds. The Morgan fingerprint density at radius 1 is 0.917 bits per heavy atom. The fraction of sp³-hybridized carbons (Fsp3) is 1.00. The second-order valence-corrected chi connectivity index (χ2v) is 5.26. The molecule has 1 atom stereocenters. The van der Waals surface area contributed by atoms with Crippen molar-refractivity contribution in [1.29, 1.82) is 0 Å². The first-order valence-corrected chi connectivity index (χ1v) is 5.81. The quantitative estimate of drug-likeness (QED) is 0.507. The second-order valence-electron chi connectivity index (χ2n) is 5.26. The van der Waals surface area contributed by atoms with Crippen LogP contribution in [-0.4, -0.2) is 0 Å². The molecule has 0 bridgehead atoms. The molecule has 0 nitrogen and oxygen atoms in total. The Labute approximate surface area is 76.7 Å². The van der Waals surface area contributed by atoms with Gasteiger partial charge in [0.25, 0.3) is 0 Å². The van der Waals surface area contributed by atoms with E-state index in [4.69, 9.17) is 0 Å². The van der Waals surface area contributed by atoms with Gasteiger partial charge in [0.15, 0.2) is 0 Å². The van der Waals surface area contributed by atoms with Crippen LogP contribution in [-0.2, 0) is 0 Å². The Balaban J connectivity index is 1.97. The van der Waals surface area contributed by atoms with Crippen molar-refractivity contribution in [1.82, 2.24) is 0 Å². The number of hydrogen-bond acceptors (Lipinski definition) is 0. The lowest BCUT2D eigenvalue weighted by Crippen LogP contribution is -2.29. The van der Waals surface area contributed by atoms with Gasteiger partial charge >= 0.3 is 0 Å². The zero-order valence-electron chi connectivity index (χ0n) is 8.44. The lowest BCUT2D eigenvalue weighted by Gasteiger charge is -2.43. The summed E-state index contributed by atoms with van der Waals surface area (Å²) < 4.78 is 0. The lowest BCUT2D eigenvalue weighted by atomic mass is 9.63. The SMILES string of the molecule is CC1CCCC2(CCCCC2)C1. The third-order valence-corrected chi connectivity index (χ3v) is 4.10. The largest absolute Gasteiger partial charge is 0.0625 e. The van der Waals surface area contributed by atoms with Crippen molar-refractivity contribution >= 4 is 0 Å². The van der Waals surface area contributed by atoms with Crippen LogP contribution in [0.2, 0.25) is 0 Å². The van der Waals surface area contributed by atoms with E-state index in [1.165, 1.54) is 32.1 Å². The highest BCUT2D eigenvalue weighted by Crippen LogP contribution is 2.48. The molecule has 0 radical (unpaired) electrons. The van der Waals surface area contributed by atoms with E-state index >= 15 is 0 Å². The Hall–Kier alpha value is 0. The molecule has 12 heavy (non-hydrogen) atoms. The van der Waals surface area contributed by atoms with Gasteiger partial charge in [-0.25, -0.2) is 0 Å². The predicted molar refractivity (Wildman–Crippen MR) is 53.2 cm³/mol. The minimum atomic E-state index is 0.829. The molecule has 0 aromatic carbocycles. The minimum absolute atomic E-state index is 0.829. The Bertz CT molecular complexity index is 137. The van der Waals surface area contributed by atoms with Crippen molar-refractivity contribution in [3.05, 3.63) is 0 Å². The van der Waals surface area contributed by atoms with Crippen molar-refractivity contribution in [3.8, 4) is 0 Å². The van der Waals surface area contributed by atoms with Gasteiger partial charge in [-0.1, -0.05) is 39.0 Å². The summed E-state index contributed by atoms with van der Waals surface area (Å²) in [4.78, 5) is 0. The van der Waals surface area contributed by atoms with Crippen molar-refractivity contribution in [2.24, 2.45) is 11.3 Å². The smallest absolute Gasteiger partial charge is 0.0295 e. The second kappa shape index (κ2) is 3.40. The summed E-state index contributed by atoms with van der Waals surface area (Å²) in [6.45, 7) is 2.45. The molecule has 1 unspecified atom stereocenters. The summed E-state index contributed by atoms with van der Waals surface area (Å²) in [5, 5.41) is 0. The topological polar surface area (TPSA) is 0 Å². The fourth-order valence-electron chi connectivity index (χ4n) is 3.52. The first-order valence-electron chi connectivity index (χ1n) is 5.81. The molecule has 70 valence electrons. The van der Waals surface area contributed by atoms with E-state index in [0.717, 1.165) is 11.3 Å². The van der Waals surface area contributed by atoms with Crippen LogP contribution >= 0.6 is 0 Å². The third-order valence-electron chi connectivity index (χ3n) is 4.10. The maximum atomic E-state index is 2.45. The fourth-order valence-corrected chi connectivity index (χ4v) is 3.52. The van der Waals surface area contributed by atoms with Crippen LogP contribution in [0.25, 0.3) is 0 Å². The van der Waals surface area contributed by atoms with Gasteiger partial charge in [-0.05, 0) is 37.0 Å². The molecule has 1 spiro atoms. The molecule has 2 fully saturated rings. The molecule has 0 aromatic rings. The average molecular weight is 166 g/mol. The zero-order valence-corrected chi connectivity index (χ0v) is 8.44. The maximum Gasteiger partial charge on any atom is -0.0295 e. The molecule has 0 saturated heterocycles. The molecular weight excluding hydrogens is 144 g/mol. The normalized spacial score (nSPS) is 35.2. The molecular formula is C12H22. The molecule has 0 heterocycles. The van der Waals surface area contributed by atoms with Crippen molar-refractivity contribution in [2.75, 3.05) is 0 Å². The van der Waals surface area contributed by atoms with Crippen molar-refractivity contribution in [2.45, 2.75) is 64.7 Å². The summed E-state index contributed by atoms with van der Waals surface area (Å²) in [5.74, 6) is 1.02. The summed E-state index contributed by atoms with van der Waals surface area (Å²) in [5.41, 5.74) is 0.829. The molecule has 2 aliphatic carbocycles. The number of hydrogen-bond donors (Lipinski definition) is 0. The molecule has 0 aromatic heterocycles. The molecule has 0 aliphatic heterocycles. The highest BCUT2D eigenvalue weighted by Gasteiger charge is 2.35. The molecule has 2 rings (SSSR count). The first-order chi connectivity index (χ1) is 5.81. The first kappa shape index (κ1) is 8.59. The van der Waals surface area contributed by atoms with Gasteiger partial charge < -0.3 is 0 Å². The Morgan fingerprint density at radius 3 is 2.25 bits per heavy atom. The number of rotatable bonds is 0. The summed E-state index contributed by atoms with van der Waals surface area (Å²) >= 11 is 0. The lowest BCUT2D eigenvalue weighted by molar-refractivity contribution is 0.0937. The van der Waals surface area contributed by atoms with Crippen LogP contribution in [0.15, 0.2) is 0 Å². The van der Waals surface area contributed by atoms with Crippen molar-refractivity contribution in [3.63, 3.8) is 0 Å². The van der Waals surface area contributed by atoms with E-state index in [-0.39, 0.29) is 0 Å². The monoisotopic (exact) mass is 166 g/mol. The summed E-state index contributed by atoms with van der Waals surface area (Å²) in [6, 6.07) is 0. The average Bonchev–Trinajstić information content (AvgIpc) is 2.05. The van der Waals surface area contributed by atoms with Crippen LogP contribution in [0.1, 0.15) is 64.7 Å². The molecule has 2 aliphatic rings. The van der Waals surface area contributed by atoms with E-state index in [0.29, 0.717) is 0 Å². The Morgan fingerprint density at radius 2 is 1.58 bits per heavy atom. The zero-order chi connectivity index (χ0) is 8.44. The van der Waals surface area contributed by atoms with Crippen LogP contribution < -0.4 is 0 Å². The van der Waals surface area contributed by atoms with Crippen LogP contribution in [0.5, 0.6) is 0 Å². The van der Waals surface area contributed by atoms with Crippen molar-refractivity contribution < 1.29 is 0 Å². The van der Waals surface area contributed by atoms with E-state index in [1.54, 1.807) is 25.7 Å². The van der Waals surface area contributed by atoms with E-state index in [2.05, 4.69) is 6.92 Å². The third kappa shape index (κ3) is 1.67. The van der Waals surface area contributed by atoms with Crippen LogP contribution in [0.4, 0.5) is 0 Å². The Kier molecular flexibility index (Phi) is 2.43. The van der Waals surface area contributed by atoms with Gasteiger partial charge in [0.05, 0.1) is 0 Å². The predicted octanol–water partition coefficient (Wildman–Crippen LogP) is 4.15. The standard InChI is InChI=1S/C12H22/c1-11-6-5-9-12(10-11)7-3-2-4-8-12/h11H,2-10H2,1H3. The summed E-state index contributed by atoms with van der Waals surface area (Å²) in [7, 11) is 0. The van der Waals surface area contributed by atoms with Gasteiger partial charge in [-0.2, -0.15) is 0 Å². The van der Waals surface area contributed by atoms with Gasteiger partial charge in [-0.15, -0.1) is 0 Å². The maximum absolute atomic E-state index is 2.45.